The fourth-order valence-electron chi connectivity index (χ4n) is 1.63. The molecule has 0 radical (unpaired) electrons. The van der Waals surface area contributed by atoms with Gasteiger partial charge in [-0.2, -0.15) is 0 Å². The van der Waals surface area contributed by atoms with Gasteiger partial charge in [0, 0.05) is 32.5 Å². The molecule has 2 amide bonds. The van der Waals surface area contributed by atoms with Gasteiger partial charge in [0.25, 0.3) is 0 Å². The molecule has 1 atom stereocenters. The molecule has 0 aromatic carbocycles. The van der Waals surface area contributed by atoms with E-state index in [2.05, 4.69) is 10.3 Å². The summed E-state index contributed by atoms with van der Waals surface area (Å²) in [6.07, 6.45) is 2.87. The predicted molar refractivity (Wildman–Crippen MR) is 72.0 cm³/mol. The molecule has 0 aliphatic heterocycles. The van der Waals surface area contributed by atoms with Crippen molar-refractivity contribution >= 4 is 12.0 Å². The van der Waals surface area contributed by atoms with Crippen molar-refractivity contribution in [2.75, 3.05) is 13.6 Å². The normalized spacial score (nSPS) is 13.3. The van der Waals surface area contributed by atoms with Crippen molar-refractivity contribution in [3.8, 4) is 0 Å². The molecule has 0 aliphatic rings. The summed E-state index contributed by atoms with van der Waals surface area (Å²) in [5.74, 6) is -1.12. The molecule has 7 nitrogen and oxygen atoms in total. The third-order valence-electron chi connectivity index (χ3n) is 2.64. The largest absolute Gasteiger partial charge is 0.481 e. The lowest BCUT2D eigenvalue weighted by atomic mass is 10.0. The molecule has 1 unspecified atom stereocenters. The van der Waals surface area contributed by atoms with Crippen LogP contribution in [0.1, 0.15) is 18.9 Å². The van der Waals surface area contributed by atoms with Gasteiger partial charge in [0.05, 0.1) is 12.0 Å². The monoisotopic (exact) mass is 281 g/mol. The number of urea groups is 1. The zero-order chi connectivity index (χ0) is 15.2. The molecule has 110 valence electrons. The number of nitrogens with one attached hydrogen (secondary N) is 1. The van der Waals surface area contributed by atoms with Gasteiger partial charge in [0.1, 0.15) is 0 Å². The van der Waals surface area contributed by atoms with Crippen molar-refractivity contribution in [1.29, 1.82) is 0 Å². The highest BCUT2D eigenvalue weighted by molar-refractivity contribution is 5.74. The lowest BCUT2D eigenvalue weighted by Gasteiger charge is -2.24. The average Bonchev–Trinajstić information content (AvgIpc) is 2.35. The van der Waals surface area contributed by atoms with Crippen molar-refractivity contribution in [3.63, 3.8) is 0 Å². The average molecular weight is 281 g/mol. The van der Waals surface area contributed by atoms with Crippen LogP contribution in [0.25, 0.3) is 0 Å². The minimum Gasteiger partial charge on any atom is -0.481 e. The van der Waals surface area contributed by atoms with Gasteiger partial charge in [0.2, 0.25) is 0 Å². The van der Waals surface area contributed by atoms with Crippen LogP contribution in [0.4, 0.5) is 4.79 Å². The van der Waals surface area contributed by atoms with Crippen LogP contribution in [0.15, 0.2) is 24.5 Å². The van der Waals surface area contributed by atoms with Crippen molar-refractivity contribution in [2.24, 2.45) is 0 Å². The number of aromatic nitrogens is 1. The van der Waals surface area contributed by atoms with Gasteiger partial charge in [-0.25, -0.2) is 4.79 Å². The van der Waals surface area contributed by atoms with Crippen LogP contribution in [-0.2, 0) is 11.3 Å². The number of carboxylic acids is 1. The summed E-state index contributed by atoms with van der Waals surface area (Å²) in [7, 11) is 1.61. The molecule has 20 heavy (non-hydrogen) atoms. The maximum atomic E-state index is 11.8. The molecule has 0 saturated heterocycles. The Labute approximate surface area is 117 Å². The van der Waals surface area contributed by atoms with Gasteiger partial charge in [-0.15, -0.1) is 0 Å². The number of aliphatic carboxylic acids is 1. The van der Waals surface area contributed by atoms with E-state index in [9.17, 15) is 14.7 Å². The summed E-state index contributed by atoms with van der Waals surface area (Å²) in [5.41, 5.74) is -0.598. The second-order valence-electron chi connectivity index (χ2n) is 4.94. The third kappa shape index (κ3) is 5.66. The molecule has 0 aliphatic carbocycles. The molecule has 0 bridgehead atoms. The second kappa shape index (κ2) is 6.85. The highest BCUT2D eigenvalue weighted by atomic mass is 16.4. The van der Waals surface area contributed by atoms with Crippen LogP contribution in [0.3, 0.4) is 0 Å². The number of hydrogen-bond donors (Lipinski definition) is 3. The van der Waals surface area contributed by atoms with Crippen LogP contribution in [0.2, 0.25) is 0 Å². The number of hydrogen-bond acceptors (Lipinski definition) is 4. The summed E-state index contributed by atoms with van der Waals surface area (Å²) in [6, 6.07) is 3.23. The van der Waals surface area contributed by atoms with Crippen LogP contribution < -0.4 is 5.32 Å². The van der Waals surface area contributed by atoms with Gasteiger partial charge in [-0.05, 0) is 18.6 Å². The minimum atomic E-state index is -1.48. The van der Waals surface area contributed by atoms with E-state index in [1.165, 1.54) is 11.8 Å². The molecule has 0 spiro atoms. The number of carbonyl (C=O) groups is 2. The lowest BCUT2D eigenvalue weighted by Crippen LogP contribution is -2.46. The van der Waals surface area contributed by atoms with Gasteiger partial charge in [-0.3, -0.25) is 9.78 Å². The molecule has 7 heteroatoms. The second-order valence-corrected chi connectivity index (χ2v) is 4.94. The number of amides is 2. The van der Waals surface area contributed by atoms with E-state index in [0.717, 1.165) is 5.56 Å². The SMILES string of the molecule is CN(Cc1cccnc1)C(=O)NCC(C)(O)CC(=O)O. The minimum absolute atomic E-state index is 0.129. The number of aliphatic hydroxyl groups is 1. The molecule has 1 heterocycles. The summed E-state index contributed by atoms with van der Waals surface area (Å²) >= 11 is 0. The molecule has 0 saturated carbocycles. The van der Waals surface area contributed by atoms with Gasteiger partial charge >= 0.3 is 12.0 Å². The van der Waals surface area contributed by atoms with Crippen LogP contribution in [-0.4, -0.2) is 51.3 Å². The number of carboxylic acid groups (broad SMARTS) is 1. The smallest absolute Gasteiger partial charge is 0.317 e. The van der Waals surface area contributed by atoms with Crippen molar-refractivity contribution < 1.29 is 19.8 Å². The van der Waals surface area contributed by atoms with Gasteiger partial charge in [0.15, 0.2) is 0 Å². The summed E-state index contributed by atoms with van der Waals surface area (Å²) in [5, 5.41) is 20.9. The molecule has 1 aromatic heterocycles. The van der Waals surface area contributed by atoms with E-state index < -0.39 is 18.0 Å². The Morgan fingerprint density at radius 2 is 2.20 bits per heavy atom. The van der Waals surface area contributed by atoms with E-state index >= 15 is 0 Å². The van der Waals surface area contributed by atoms with Gasteiger partial charge < -0.3 is 20.4 Å². The Morgan fingerprint density at radius 3 is 2.75 bits per heavy atom. The molecular formula is C13H19N3O4. The fraction of sp³-hybridized carbons (Fsp3) is 0.462. The highest BCUT2D eigenvalue weighted by Gasteiger charge is 2.25. The van der Waals surface area contributed by atoms with E-state index in [1.54, 1.807) is 25.5 Å². The first-order valence-corrected chi connectivity index (χ1v) is 6.12. The zero-order valence-electron chi connectivity index (χ0n) is 11.5. The first-order chi connectivity index (χ1) is 9.30. The maximum absolute atomic E-state index is 11.8. The quantitative estimate of drug-likeness (QED) is 0.702. The highest BCUT2D eigenvalue weighted by Crippen LogP contribution is 2.08. The molecule has 1 rings (SSSR count). The molecule has 1 aromatic rings. The summed E-state index contributed by atoms with van der Waals surface area (Å²) in [4.78, 5) is 27.7. The summed E-state index contributed by atoms with van der Waals surface area (Å²) in [6.45, 7) is 1.61. The zero-order valence-corrected chi connectivity index (χ0v) is 11.5. The summed E-state index contributed by atoms with van der Waals surface area (Å²) < 4.78 is 0. The van der Waals surface area contributed by atoms with Crippen molar-refractivity contribution in [3.05, 3.63) is 30.1 Å². The topological polar surface area (TPSA) is 103 Å². The maximum Gasteiger partial charge on any atom is 0.317 e. The van der Waals surface area contributed by atoms with E-state index in [0.29, 0.717) is 6.54 Å². The van der Waals surface area contributed by atoms with E-state index in [-0.39, 0.29) is 12.6 Å². The first-order valence-electron chi connectivity index (χ1n) is 6.12. The van der Waals surface area contributed by atoms with Crippen LogP contribution in [0, 0.1) is 0 Å². The van der Waals surface area contributed by atoms with E-state index in [1.807, 2.05) is 6.07 Å². The number of pyridine rings is 1. The molecule has 0 fully saturated rings. The van der Waals surface area contributed by atoms with Crippen LogP contribution in [0.5, 0.6) is 0 Å². The number of nitrogens with zero attached hydrogens (tertiary/aromatic N) is 2. The molecule has 3 N–H and O–H groups in total. The standard InChI is InChI=1S/C13H19N3O4/c1-13(20,6-11(17)18)9-15-12(19)16(2)8-10-4-3-5-14-7-10/h3-5,7,20H,6,8-9H2,1-2H3,(H,15,19)(H,17,18). The van der Waals surface area contributed by atoms with E-state index in [4.69, 9.17) is 5.11 Å². The molecular weight excluding hydrogens is 262 g/mol. The van der Waals surface area contributed by atoms with Crippen molar-refractivity contribution in [2.45, 2.75) is 25.5 Å². The van der Waals surface area contributed by atoms with Gasteiger partial charge in [-0.1, -0.05) is 6.07 Å². The van der Waals surface area contributed by atoms with Crippen molar-refractivity contribution in [1.82, 2.24) is 15.2 Å². The van der Waals surface area contributed by atoms with Crippen LogP contribution >= 0.6 is 0 Å². The number of carbonyl (C=O) groups excluding carboxylic acids is 1. The number of rotatable bonds is 6. The predicted octanol–water partition coefficient (Wildman–Crippen LogP) is 0.449. The Hall–Kier alpha value is -2.15. The Kier molecular flexibility index (Phi) is 5.45. The Balaban J connectivity index is 2.44. The fourth-order valence-corrected chi connectivity index (χ4v) is 1.63. The first kappa shape index (κ1) is 15.9. The Morgan fingerprint density at radius 1 is 1.50 bits per heavy atom. The Bertz CT molecular complexity index is 462. The lowest BCUT2D eigenvalue weighted by molar-refractivity contribution is -0.141. The third-order valence-corrected chi connectivity index (χ3v) is 2.64.